The van der Waals surface area contributed by atoms with Crippen molar-refractivity contribution < 1.29 is 4.74 Å². The molecule has 3 heterocycles. The van der Waals surface area contributed by atoms with Crippen LogP contribution in [0.25, 0.3) is 11.0 Å². The molecule has 4 aromatic rings. The van der Waals surface area contributed by atoms with Gasteiger partial charge in [-0.3, -0.25) is 14.6 Å². The largest absolute Gasteiger partial charge is 0.493 e. The first kappa shape index (κ1) is 18.8. The second kappa shape index (κ2) is 7.48. The van der Waals surface area contributed by atoms with E-state index in [0.29, 0.717) is 44.8 Å². The van der Waals surface area contributed by atoms with Crippen molar-refractivity contribution in [3.8, 4) is 5.75 Å². The number of ether oxygens (including phenoxy) is 1. The van der Waals surface area contributed by atoms with Gasteiger partial charge in [-0.15, -0.1) is 0 Å². The van der Waals surface area contributed by atoms with Crippen LogP contribution in [0.3, 0.4) is 0 Å². The molecule has 3 aromatic heterocycles. The lowest BCUT2D eigenvalue weighted by Gasteiger charge is -2.14. The zero-order valence-electron chi connectivity index (χ0n) is 16.1. The van der Waals surface area contributed by atoms with Crippen LogP contribution in [0.4, 0.5) is 23.0 Å². The zero-order chi connectivity index (χ0) is 20.5. The topological polar surface area (TPSA) is 96.9 Å². The van der Waals surface area contributed by atoms with Gasteiger partial charge in [-0.2, -0.15) is 0 Å². The van der Waals surface area contributed by atoms with Gasteiger partial charge in [-0.05, 0) is 36.8 Å². The van der Waals surface area contributed by atoms with E-state index in [2.05, 4.69) is 25.7 Å². The average Bonchev–Trinajstić information content (AvgIpc) is 2.96. The van der Waals surface area contributed by atoms with E-state index in [1.165, 1.54) is 4.68 Å². The number of aryl methyl sites for hydroxylation is 2. The minimum atomic E-state index is -0.198. The van der Waals surface area contributed by atoms with Crippen LogP contribution in [0.2, 0.25) is 5.02 Å². The van der Waals surface area contributed by atoms with Crippen LogP contribution < -0.4 is 20.9 Å². The van der Waals surface area contributed by atoms with E-state index in [9.17, 15) is 4.79 Å². The minimum absolute atomic E-state index is 0.198. The fourth-order valence-electron chi connectivity index (χ4n) is 3.08. The first-order chi connectivity index (χ1) is 14.0. The average molecular weight is 411 g/mol. The maximum Gasteiger partial charge on any atom is 0.277 e. The number of benzene rings is 1. The molecule has 0 spiro atoms. The lowest BCUT2D eigenvalue weighted by molar-refractivity contribution is 0.417. The number of aromatic nitrogens is 4. The number of methoxy groups -OCH3 is 1. The highest BCUT2D eigenvalue weighted by molar-refractivity contribution is 6.32. The van der Waals surface area contributed by atoms with E-state index in [1.54, 1.807) is 38.6 Å². The van der Waals surface area contributed by atoms with Gasteiger partial charge < -0.3 is 15.4 Å². The monoisotopic (exact) mass is 410 g/mol. The minimum Gasteiger partial charge on any atom is -0.493 e. The summed E-state index contributed by atoms with van der Waals surface area (Å²) in [5.74, 6) is 1.67. The van der Waals surface area contributed by atoms with Crippen molar-refractivity contribution in [2.75, 3.05) is 17.7 Å². The van der Waals surface area contributed by atoms with Crippen molar-refractivity contribution >= 4 is 45.6 Å². The van der Waals surface area contributed by atoms with Gasteiger partial charge in [0.1, 0.15) is 17.0 Å². The maximum atomic E-state index is 12.6. The molecule has 0 saturated heterocycles. The Labute approximate surface area is 171 Å². The van der Waals surface area contributed by atoms with E-state index in [0.717, 1.165) is 5.56 Å². The zero-order valence-corrected chi connectivity index (χ0v) is 16.8. The van der Waals surface area contributed by atoms with E-state index in [-0.39, 0.29) is 5.56 Å². The Bertz CT molecular complexity index is 1260. The fourth-order valence-corrected chi connectivity index (χ4v) is 3.33. The molecule has 0 bridgehead atoms. The molecule has 0 unspecified atom stereocenters. The number of fused-ring (bicyclic) bond motifs is 1. The summed E-state index contributed by atoms with van der Waals surface area (Å²) in [5.41, 5.74) is 2.51. The molecule has 0 aliphatic heterocycles. The van der Waals surface area contributed by atoms with Crippen LogP contribution in [0, 0.1) is 6.92 Å². The lowest BCUT2D eigenvalue weighted by atomic mass is 10.2. The lowest BCUT2D eigenvalue weighted by Crippen LogP contribution is -2.12. The Morgan fingerprint density at radius 2 is 1.97 bits per heavy atom. The van der Waals surface area contributed by atoms with Gasteiger partial charge >= 0.3 is 0 Å². The number of pyridine rings is 2. The second-order valence-electron chi connectivity index (χ2n) is 6.54. The van der Waals surface area contributed by atoms with Crippen molar-refractivity contribution in [2.24, 2.45) is 7.05 Å². The molecule has 29 heavy (non-hydrogen) atoms. The normalized spacial score (nSPS) is 10.9. The molecule has 0 aliphatic rings. The van der Waals surface area contributed by atoms with Crippen LogP contribution in [0.15, 0.2) is 47.4 Å². The molecule has 1 aromatic carbocycles. The number of nitrogens with zero attached hydrogens (tertiary/aromatic N) is 3. The number of hydrogen-bond donors (Lipinski definition) is 3. The van der Waals surface area contributed by atoms with Gasteiger partial charge in [0.2, 0.25) is 0 Å². The molecule has 0 aliphatic carbocycles. The molecule has 4 rings (SSSR count). The Kier molecular flexibility index (Phi) is 4.85. The molecule has 9 heteroatoms. The van der Waals surface area contributed by atoms with Crippen molar-refractivity contribution in [3.05, 3.63) is 63.5 Å². The number of halogens is 1. The molecule has 8 nitrogen and oxygen atoms in total. The van der Waals surface area contributed by atoms with Crippen LogP contribution in [0.1, 0.15) is 5.56 Å². The summed E-state index contributed by atoms with van der Waals surface area (Å²) in [6.45, 7) is 1.98. The molecular weight excluding hydrogens is 392 g/mol. The van der Waals surface area contributed by atoms with Gasteiger partial charge in [0.25, 0.3) is 5.56 Å². The fraction of sp³-hybridized carbons (Fsp3) is 0.150. The predicted octanol–water partition coefficient (Wildman–Crippen LogP) is 4.11. The number of hydrogen-bond acceptors (Lipinski definition) is 6. The summed E-state index contributed by atoms with van der Waals surface area (Å²) in [5, 5.41) is 10.3. The summed E-state index contributed by atoms with van der Waals surface area (Å²) < 4.78 is 6.79. The molecule has 0 amide bonds. The maximum absolute atomic E-state index is 12.6. The summed E-state index contributed by atoms with van der Waals surface area (Å²) in [6.07, 6.45) is 1.72. The molecule has 0 fully saturated rings. The van der Waals surface area contributed by atoms with Crippen molar-refractivity contribution in [1.82, 2.24) is 19.7 Å². The first-order valence-corrected chi connectivity index (χ1v) is 9.23. The summed E-state index contributed by atoms with van der Waals surface area (Å²) in [4.78, 5) is 21.5. The van der Waals surface area contributed by atoms with Gasteiger partial charge in [-0.1, -0.05) is 17.7 Å². The molecule has 0 atom stereocenters. The summed E-state index contributed by atoms with van der Waals surface area (Å²) >= 11 is 6.23. The van der Waals surface area contributed by atoms with Crippen molar-refractivity contribution in [3.63, 3.8) is 0 Å². The van der Waals surface area contributed by atoms with Crippen molar-refractivity contribution in [2.45, 2.75) is 6.92 Å². The smallest absolute Gasteiger partial charge is 0.277 e. The van der Waals surface area contributed by atoms with Crippen LogP contribution in [-0.2, 0) is 7.05 Å². The third kappa shape index (κ3) is 3.62. The number of nitrogens with one attached hydrogen (secondary N) is 3. The quantitative estimate of drug-likeness (QED) is 0.458. The van der Waals surface area contributed by atoms with Gasteiger partial charge in [0.15, 0.2) is 11.4 Å². The van der Waals surface area contributed by atoms with E-state index < -0.39 is 0 Å². The Hall–Kier alpha value is -3.52. The third-order valence-electron chi connectivity index (χ3n) is 4.42. The highest BCUT2D eigenvalue weighted by Crippen LogP contribution is 2.36. The predicted molar refractivity (Wildman–Crippen MR) is 115 cm³/mol. The van der Waals surface area contributed by atoms with E-state index in [1.807, 2.05) is 25.1 Å². The number of rotatable bonds is 5. The number of anilines is 4. The Morgan fingerprint density at radius 3 is 2.72 bits per heavy atom. The summed E-state index contributed by atoms with van der Waals surface area (Å²) in [7, 11) is 3.18. The molecule has 148 valence electrons. The SMILES string of the molecule is COc1c(Cl)cccc1Nc1cc(Nc2cc(C)ccn2)nc2[nH]n(C)c(=O)c12. The van der Waals surface area contributed by atoms with E-state index >= 15 is 0 Å². The number of para-hydroxylation sites is 1. The van der Waals surface area contributed by atoms with Gasteiger partial charge in [0.05, 0.1) is 23.5 Å². The second-order valence-corrected chi connectivity index (χ2v) is 6.95. The van der Waals surface area contributed by atoms with Gasteiger partial charge in [-0.25, -0.2) is 9.97 Å². The molecule has 0 saturated carbocycles. The highest BCUT2D eigenvalue weighted by atomic mass is 35.5. The molecular formula is C20H19ClN6O2. The van der Waals surface area contributed by atoms with Crippen molar-refractivity contribution in [1.29, 1.82) is 0 Å². The van der Waals surface area contributed by atoms with Crippen LogP contribution in [0.5, 0.6) is 5.75 Å². The van der Waals surface area contributed by atoms with Gasteiger partial charge in [0, 0.05) is 19.3 Å². The highest BCUT2D eigenvalue weighted by Gasteiger charge is 2.16. The first-order valence-electron chi connectivity index (χ1n) is 8.85. The van der Waals surface area contributed by atoms with Crippen LogP contribution >= 0.6 is 11.6 Å². The third-order valence-corrected chi connectivity index (χ3v) is 4.72. The standard InChI is InChI=1S/C20H19ClN6O2/c1-11-7-8-22-15(9-11)24-16-10-14(17-19(25-16)26-27(2)20(17)28)23-13-6-4-5-12(21)18(13)29-3/h4-10H,1-3H3,(H3,22,23,24,25,26). The molecule has 0 radical (unpaired) electrons. The number of aromatic amines is 1. The van der Waals surface area contributed by atoms with Crippen LogP contribution in [-0.4, -0.2) is 26.9 Å². The Morgan fingerprint density at radius 1 is 1.14 bits per heavy atom. The number of H-pyrrole nitrogens is 1. The molecule has 3 N–H and O–H groups in total. The summed E-state index contributed by atoms with van der Waals surface area (Å²) in [6, 6.07) is 10.9. The van der Waals surface area contributed by atoms with E-state index in [4.69, 9.17) is 16.3 Å². The Balaban J connectivity index is 1.83.